The van der Waals surface area contributed by atoms with Crippen molar-refractivity contribution in [1.29, 1.82) is 0 Å². The minimum absolute atomic E-state index is 0.196. The van der Waals surface area contributed by atoms with E-state index in [4.69, 9.17) is 0 Å². The van der Waals surface area contributed by atoms with Crippen molar-refractivity contribution in [3.05, 3.63) is 299 Å². The molecule has 88 heavy (non-hydrogen) atoms. The second-order valence-corrected chi connectivity index (χ2v) is 27.3. The van der Waals surface area contributed by atoms with Gasteiger partial charge in [0.05, 0.1) is 56.2 Å². The van der Waals surface area contributed by atoms with E-state index < -0.39 is 0 Å². The van der Waals surface area contributed by atoms with Crippen LogP contribution in [0, 0.1) is 0 Å². The Balaban J connectivity index is 0.698. The lowest BCUT2D eigenvalue weighted by Crippen LogP contribution is -2.38. The maximum absolute atomic E-state index is 2.54. The van der Waals surface area contributed by atoms with Crippen LogP contribution in [0.3, 0.4) is 0 Å². The van der Waals surface area contributed by atoms with E-state index in [0.717, 1.165) is 11.4 Å². The van der Waals surface area contributed by atoms with Gasteiger partial charge in [-0.1, -0.05) is 201 Å². The highest BCUT2D eigenvalue weighted by atomic mass is 15.2. The zero-order chi connectivity index (χ0) is 59.3. The lowest BCUT2D eigenvalue weighted by Gasteiger charge is -2.49. The van der Waals surface area contributed by atoms with Gasteiger partial charge in [-0.3, -0.25) is 0 Å². The van der Waals surface area contributed by atoms with Crippen molar-refractivity contribution >= 4 is 77.7 Å². The fourth-order valence-corrected chi connectivity index (χ4v) is 16.6. The van der Waals surface area contributed by atoms with Crippen molar-refractivity contribution in [3.8, 4) is 44.8 Å². The summed E-state index contributed by atoms with van der Waals surface area (Å²) in [5.41, 5.74) is 32.3. The molecule has 4 heteroatoms. The number of hydrogen-bond acceptors (Lipinski definition) is 2. The first-order valence-corrected chi connectivity index (χ1v) is 31.3. The van der Waals surface area contributed by atoms with Gasteiger partial charge >= 0.3 is 0 Å². The summed E-state index contributed by atoms with van der Waals surface area (Å²) in [5, 5.41) is 4.97. The number of benzene rings is 12. The van der Waals surface area contributed by atoms with Gasteiger partial charge in [-0.25, -0.2) is 0 Å². The molecular weight excluding hydrogens is 1060 g/mol. The summed E-state index contributed by atoms with van der Waals surface area (Å²) in [7, 11) is 0. The van der Waals surface area contributed by atoms with Gasteiger partial charge in [0.2, 0.25) is 0 Å². The van der Waals surface area contributed by atoms with Crippen LogP contribution in [0.2, 0.25) is 0 Å². The molecule has 0 aliphatic carbocycles. The Morgan fingerprint density at radius 2 is 0.489 bits per heavy atom. The molecule has 0 fully saturated rings. The standard InChI is InChI=1S/C84H66N4/c1-81(2)63-23-11-17-29-75(63)87-76-30-18-12-24-64(76)82(3,4)68-48-55(47-67(81)79(68)87)51-33-39-57(40-34-51)85-71-27-15-9-21-59(71)61-45-53(37-43-73(61)85)54-38-44-74-62(46-54)60-22-10-16-28-72(60)86(74)58-41-35-52(36-42-58)56-49-69-80-70(50-56)84(7,8)66-26-14-20-32-78(66)88(80)77-31-19-13-25-65(77)83(69,5)6/h9-50H,1-8H3. The first kappa shape index (κ1) is 51.1. The van der Waals surface area contributed by atoms with E-state index in [1.165, 1.54) is 156 Å². The number of para-hydroxylation sites is 6. The molecule has 0 amide bonds. The first-order valence-electron chi connectivity index (χ1n) is 31.3. The van der Waals surface area contributed by atoms with Gasteiger partial charge in [-0.05, 0) is 187 Å². The Morgan fingerprint density at radius 3 is 0.818 bits per heavy atom. The van der Waals surface area contributed by atoms with E-state index in [-0.39, 0.29) is 21.7 Å². The van der Waals surface area contributed by atoms with E-state index in [1.54, 1.807) is 0 Å². The van der Waals surface area contributed by atoms with Crippen LogP contribution in [0.15, 0.2) is 255 Å². The Hall–Kier alpha value is -10.2. The minimum atomic E-state index is -0.196. The third kappa shape index (κ3) is 6.81. The van der Waals surface area contributed by atoms with Crippen LogP contribution in [-0.2, 0) is 21.7 Å². The van der Waals surface area contributed by atoms with Gasteiger partial charge in [0, 0.05) is 54.6 Å². The van der Waals surface area contributed by atoms with Gasteiger partial charge in [-0.15, -0.1) is 0 Å². The van der Waals surface area contributed by atoms with Gasteiger partial charge < -0.3 is 18.9 Å². The first-order chi connectivity index (χ1) is 42.7. The highest BCUT2D eigenvalue weighted by Gasteiger charge is 2.47. The fraction of sp³-hybridized carbons (Fsp3) is 0.143. The summed E-state index contributed by atoms with van der Waals surface area (Å²) in [6, 6.07) is 96.5. The molecule has 0 saturated heterocycles. The normalized spacial score (nSPS) is 15.8. The molecule has 18 rings (SSSR count). The van der Waals surface area contributed by atoms with Crippen molar-refractivity contribution in [1.82, 2.24) is 9.13 Å². The predicted molar refractivity (Wildman–Crippen MR) is 369 cm³/mol. The number of anilines is 6. The summed E-state index contributed by atoms with van der Waals surface area (Å²) in [6.45, 7) is 19.2. The smallest absolute Gasteiger partial charge is 0.0544 e. The topological polar surface area (TPSA) is 16.3 Å². The lowest BCUT2D eigenvalue weighted by molar-refractivity contribution is 0.597. The molecule has 2 aromatic heterocycles. The lowest BCUT2D eigenvalue weighted by atomic mass is 9.65. The van der Waals surface area contributed by atoms with Crippen LogP contribution in [-0.4, -0.2) is 9.13 Å². The molecule has 14 aromatic rings. The highest BCUT2D eigenvalue weighted by molar-refractivity contribution is 6.13. The van der Waals surface area contributed by atoms with E-state index in [9.17, 15) is 0 Å². The Bertz CT molecular complexity index is 4840. The van der Waals surface area contributed by atoms with Crippen molar-refractivity contribution in [2.45, 2.75) is 77.0 Å². The van der Waals surface area contributed by atoms with Crippen molar-refractivity contribution in [3.63, 3.8) is 0 Å². The predicted octanol–water partition coefficient (Wildman–Crippen LogP) is 22.4. The Kier molecular flexibility index (Phi) is 10.3. The number of hydrogen-bond donors (Lipinski definition) is 0. The van der Waals surface area contributed by atoms with Gasteiger partial charge in [0.1, 0.15) is 0 Å². The van der Waals surface area contributed by atoms with Crippen molar-refractivity contribution in [2.75, 3.05) is 9.80 Å². The molecule has 0 unspecified atom stereocenters. The molecule has 0 saturated carbocycles. The monoisotopic (exact) mass is 1130 g/mol. The summed E-state index contributed by atoms with van der Waals surface area (Å²) >= 11 is 0. The molecule has 4 aliphatic heterocycles. The van der Waals surface area contributed by atoms with E-state index in [0.29, 0.717) is 0 Å². The number of fused-ring (bicyclic) bond motifs is 14. The molecule has 4 nitrogen and oxygen atoms in total. The van der Waals surface area contributed by atoms with Gasteiger partial charge in [-0.2, -0.15) is 0 Å². The van der Waals surface area contributed by atoms with E-state index in [1.807, 2.05) is 0 Å². The molecule has 0 spiro atoms. The summed E-state index contributed by atoms with van der Waals surface area (Å²) in [5.74, 6) is 0. The summed E-state index contributed by atoms with van der Waals surface area (Å²) in [4.78, 5) is 5.09. The average molecular weight is 1130 g/mol. The zero-order valence-electron chi connectivity index (χ0n) is 51.0. The van der Waals surface area contributed by atoms with Crippen LogP contribution in [0.1, 0.15) is 99.9 Å². The molecule has 0 bridgehead atoms. The average Bonchev–Trinajstić information content (AvgIpc) is 1.01. The van der Waals surface area contributed by atoms with Crippen LogP contribution >= 0.6 is 0 Å². The molecule has 0 radical (unpaired) electrons. The van der Waals surface area contributed by atoms with Crippen LogP contribution in [0.4, 0.5) is 34.1 Å². The quantitative estimate of drug-likeness (QED) is 0.171. The van der Waals surface area contributed by atoms with E-state index >= 15 is 0 Å². The second-order valence-electron chi connectivity index (χ2n) is 27.3. The molecule has 0 N–H and O–H groups in total. The van der Waals surface area contributed by atoms with Crippen LogP contribution < -0.4 is 9.80 Å². The fourth-order valence-electron chi connectivity index (χ4n) is 16.6. The number of aromatic nitrogens is 2. The second kappa shape index (κ2) is 17.7. The number of rotatable bonds is 5. The van der Waals surface area contributed by atoms with Crippen LogP contribution in [0.25, 0.3) is 88.4 Å². The molecule has 422 valence electrons. The molecule has 6 heterocycles. The SMILES string of the molecule is CC1(C)c2ccccc2N2c3ccccc3C(C)(C)c3cc(-c4ccc(-n5c6ccccc6c6cc(-c7ccc8c(c7)c7ccccc7n8-c7ccc(-c8cc9c%10c(c8)C(C)(C)c8ccccc8N%10c8ccccc8C9(C)C)cc7)ccc65)cc4)cc1c32. The minimum Gasteiger partial charge on any atom is -0.309 e. The zero-order valence-corrected chi connectivity index (χ0v) is 51.0. The van der Waals surface area contributed by atoms with Gasteiger partial charge in [0.15, 0.2) is 0 Å². The summed E-state index contributed by atoms with van der Waals surface area (Å²) in [6.07, 6.45) is 0. The van der Waals surface area contributed by atoms with E-state index in [2.05, 4.69) is 329 Å². The third-order valence-electron chi connectivity index (χ3n) is 21.2. The van der Waals surface area contributed by atoms with Crippen molar-refractivity contribution in [2.24, 2.45) is 0 Å². The molecule has 12 aromatic carbocycles. The third-order valence-corrected chi connectivity index (χ3v) is 21.2. The van der Waals surface area contributed by atoms with Crippen LogP contribution in [0.5, 0.6) is 0 Å². The Labute approximate surface area is 514 Å². The molecule has 0 atom stereocenters. The maximum atomic E-state index is 2.54. The summed E-state index contributed by atoms with van der Waals surface area (Å²) < 4.78 is 4.90. The maximum Gasteiger partial charge on any atom is 0.0544 e. The number of nitrogens with zero attached hydrogens (tertiary/aromatic N) is 4. The van der Waals surface area contributed by atoms with Gasteiger partial charge in [0.25, 0.3) is 0 Å². The molecule has 4 aliphatic rings. The Morgan fingerprint density at radius 1 is 0.216 bits per heavy atom. The highest BCUT2D eigenvalue weighted by Crippen LogP contribution is 2.63. The molecular formula is C84H66N4. The largest absolute Gasteiger partial charge is 0.309 e. The van der Waals surface area contributed by atoms with Crippen molar-refractivity contribution < 1.29 is 0 Å².